The molecule has 0 unspecified atom stereocenters. The molecule has 0 aromatic heterocycles. The summed E-state index contributed by atoms with van der Waals surface area (Å²) in [4.78, 5) is 28.9. The molecule has 1 heterocycles. The van der Waals surface area contributed by atoms with Gasteiger partial charge in [0.15, 0.2) is 0 Å². The summed E-state index contributed by atoms with van der Waals surface area (Å²) in [6.07, 6.45) is 0. The highest BCUT2D eigenvalue weighted by Gasteiger charge is 2.40. The Bertz CT molecular complexity index is 1160. The van der Waals surface area contributed by atoms with Crippen LogP contribution in [0.1, 0.15) is 5.56 Å². The smallest absolute Gasteiger partial charge is 0.283 e. The van der Waals surface area contributed by atoms with E-state index in [9.17, 15) is 9.59 Å². The molecule has 30 heavy (non-hydrogen) atoms. The van der Waals surface area contributed by atoms with Crippen molar-refractivity contribution in [2.45, 2.75) is 11.8 Å². The Kier molecular flexibility index (Phi) is 5.86. The predicted molar refractivity (Wildman–Crippen MR) is 123 cm³/mol. The molecule has 3 aromatic rings. The number of imide groups is 1. The Hall–Kier alpha value is -2.73. The molecule has 1 aliphatic rings. The van der Waals surface area contributed by atoms with Crippen LogP contribution in [0.2, 0.25) is 10.0 Å². The number of nitrogens with zero attached hydrogens (tertiary/aromatic N) is 1. The second-order valence-corrected chi connectivity index (χ2v) is 8.56. The molecule has 1 N–H and O–H groups in total. The lowest BCUT2D eigenvalue weighted by Gasteiger charge is -2.16. The summed E-state index contributed by atoms with van der Waals surface area (Å²) >= 11 is 13.4. The van der Waals surface area contributed by atoms with E-state index in [4.69, 9.17) is 23.2 Å². The van der Waals surface area contributed by atoms with Gasteiger partial charge in [0.1, 0.15) is 10.6 Å². The Morgan fingerprint density at radius 1 is 0.867 bits per heavy atom. The van der Waals surface area contributed by atoms with Gasteiger partial charge in [0, 0.05) is 20.6 Å². The summed E-state index contributed by atoms with van der Waals surface area (Å²) in [7, 11) is 0. The number of halogens is 2. The summed E-state index contributed by atoms with van der Waals surface area (Å²) in [5, 5.41) is 4.17. The molecule has 0 atom stereocenters. The van der Waals surface area contributed by atoms with Crippen LogP contribution in [0.3, 0.4) is 0 Å². The molecule has 0 saturated heterocycles. The van der Waals surface area contributed by atoms with Gasteiger partial charge in [0.25, 0.3) is 11.8 Å². The van der Waals surface area contributed by atoms with E-state index in [1.807, 2.05) is 37.3 Å². The van der Waals surface area contributed by atoms with E-state index >= 15 is 0 Å². The van der Waals surface area contributed by atoms with Gasteiger partial charge in [-0.3, -0.25) is 9.59 Å². The van der Waals surface area contributed by atoms with Crippen molar-refractivity contribution in [2.75, 3.05) is 10.2 Å². The summed E-state index contributed by atoms with van der Waals surface area (Å²) in [5.41, 5.74) is 2.17. The molecule has 150 valence electrons. The number of amides is 2. The normalized spacial score (nSPS) is 13.9. The number of carbonyl (C=O) groups excluding carboxylic acids is 2. The van der Waals surface area contributed by atoms with Crippen molar-refractivity contribution >= 4 is 58.2 Å². The number of carbonyl (C=O) groups is 2. The molecule has 1 aliphatic heterocycles. The Labute approximate surface area is 188 Å². The van der Waals surface area contributed by atoms with Crippen molar-refractivity contribution in [3.8, 4) is 0 Å². The first-order valence-electron chi connectivity index (χ1n) is 9.09. The second kappa shape index (κ2) is 8.56. The zero-order valence-electron chi connectivity index (χ0n) is 15.9. The fourth-order valence-corrected chi connectivity index (χ4v) is 4.20. The van der Waals surface area contributed by atoms with Crippen molar-refractivity contribution in [3.05, 3.63) is 99.0 Å². The molecule has 0 fully saturated rings. The zero-order chi connectivity index (χ0) is 21.3. The van der Waals surface area contributed by atoms with Gasteiger partial charge in [-0.15, -0.1) is 0 Å². The molecule has 0 saturated carbocycles. The third-order valence-corrected chi connectivity index (χ3v) is 6.28. The molecule has 7 heteroatoms. The van der Waals surface area contributed by atoms with Crippen LogP contribution < -0.4 is 10.2 Å². The van der Waals surface area contributed by atoms with Crippen molar-refractivity contribution in [3.63, 3.8) is 0 Å². The molecule has 0 bridgehead atoms. The molecule has 2 amide bonds. The molecule has 3 aromatic carbocycles. The fourth-order valence-electron chi connectivity index (χ4n) is 2.95. The first kappa shape index (κ1) is 20.5. The maximum Gasteiger partial charge on any atom is 0.283 e. The number of anilines is 2. The minimum absolute atomic E-state index is 0.216. The van der Waals surface area contributed by atoms with Crippen molar-refractivity contribution < 1.29 is 9.59 Å². The minimum Gasteiger partial charge on any atom is -0.350 e. The quantitative estimate of drug-likeness (QED) is 0.460. The van der Waals surface area contributed by atoms with Crippen LogP contribution in [0.15, 0.2) is 88.3 Å². The predicted octanol–water partition coefficient (Wildman–Crippen LogP) is 6.29. The van der Waals surface area contributed by atoms with E-state index in [2.05, 4.69) is 5.32 Å². The maximum absolute atomic E-state index is 13.3. The van der Waals surface area contributed by atoms with Crippen LogP contribution in [-0.4, -0.2) is 11.8 Å². The topological polar surface area (TPSA) is 49.4 Å². The third-order valence-electron chi connectivity index (χ3n) is 4.53. The standard InChI is InChI=1S/C23H16Cl2N2O2S/c1-14-7-12-17(13-19(14)25)27-22(28)20(26-16-10-8-15(24)9-11-16)21(23(27)29)30-18-5-3-2-4-6-18/h2-13,26H,1H3. The second-order valence-electron chi connectivity index (χ2n) is 6.63. The van der Waals surface area contributed by atoms with Gasteiger partial charge in [0.2, 0.25) is 0 Å². The molecule has 0 aliphatic carbocycles. The lowest BCUT2D eigenvalue weighted by Crippen LogP contribution is -2.32. The Morgan fingerprint density at radius 2 is 1.57 bits per heavy atom. The fraction of sp³-hybridized carbons (Fsp3) is 0.0435. The number of rotatable bonds is 5. The van der Waals surface area contributed by atoms with Crippen LogP contribution >= 0.6 is 35.0 Å². The van der Waals surface area contributed by atoms with E-state index < -0.39 is 11.8 Å². The van der Waals surface area contributed by atoms with Gasteiger partial charge in [-0.2, -0.15) is 0 Å². The highest BCUT2D eigenvalue weighted by atomic mass is 35.5. The lowest BCUT2D eigenvalue weighted by atomic mass is 10.2. The average molecular weight is 455 g/mol. The van der Waals surface area contributed by atoms with Crippen molar-refractivity contribution in [1.82, 2.24) is 0 Å². The zero-order valence-corrected chi connectivity index (χ0v) is 18.2. The molecular weight excluding hydrogens is 439 g/mol. The van der Waals surface area contributed by atoms with Gasteiger partial charge in [-0.05, 0) is 61.0 Å². The number of aryl methyl sites for hydroxylation is 1. The number of hydrogen-bond donors (Lipinski definition) is 1. The molecule has 0 radical (unpaired) electrons. The summed E-state index contributed by atoms with van der Waals surface area (Å²) in [6.45, 7) is 1.86. The molecular formula is C23H16Cl2N2O2S. The first-order chi connectivity index (χ1) is 14.4. The van der Waals surface area contributed by atoms with Gasteiger partial charge >= 0.3 is 0 Å². The van der Waals surface area contributed by atoms with Crippen LogP contribution in [0, 0.1) is 6.92 Å². The summed E-state index contributed by atoms with van der Waals surface area (Å²) in [6, 6.07) is 21.5. The lowest BCUT2D eigenvalue weighted by molar-refractivity contribution is -0.120. The highest BCUT2D eigenvalue weighted by Crippen LogP contribution is 2.38. The summed E-state index contributed by atoms with van der Waals surface area (Å²) < 4.78 is 0. The summed E-state index contributed by atoms with van der Waals surface area (Å²) in [5.74, 6) is -0.835. The van der Waals surface area contributed by atoms with Gasteiger partial charge in [0.05, 0.1) is 5.69 Å². The van der Waals surface area contributed by atoms with E-state index in [0.717, 1.165) is 15.4 Å². The average Bonchev–Trinajstić information content (AvgIpc) is 2.96. The van der Waals surface area contributed by atoms with Crippen molar-refractivity contribution in [2.24, 2.45) is 0 Å². The van der Waals surface area contributed by atoms with Crippen LogP contribution in [0.25, 0.3) is 0 Å². The Balaban J connectivity index is 1.75. The van der Waals surface area contributed by atoms with Crippen LogP contribution in [0.4, 0.5) is 11.4 Å². The number of nitrogens with one attached hydrogen (secondary N) is 1. The van der Waals surface area contributed by atoms with Gasteiger partial charge in [-0.1, -0.05) is 59.2 Å². The minimum atomic E-state index is -0.437. The van der Waals surface area contributed by atoms with E-state index in [-0.39, 0.29) is 5.70 Å². The first-order valence-corrected chi connectivity index (χ1v) is 10.7. The van der Waals surface area contributed by atoms with Gasteiger partial charge < -0.3 is 5.32 Å². The van der Waals surface area contributed by atoms with Crippen molar-refractivity contribution in [1.29, 1.82) is 0 Å². The largest absolute Gasteiger partial charge is 0.350 e. The third kappa shape index (κ3) is 4.10. The highest BCUT2D eigenvalue weighted by molar-refractivity contribution is 8.04. The van der Waals surface area contributed by atoms with E-state index in [1.54, 1.807) is 42.5 Å². The van der Waals surface area contributed by atoms with Gasteiger partial charge in [-0.25, -0.2) is 4.90 Å². The molecule has 4 nitrogen and oxygen atoms in total. The van der Waals surface area contributed by atoms with E-state index in [1.165, 1.54) is 11.8 Å². The Morgan fingerprint density at radius 3 is 2.23 bits per heavy atom. The number of hydrogen-bond acceptors (Lipinski definition) is 4. The number of thioether (sulfide) groups is 1. The van der Waals surface area contributed by atoms with Crippen LogP contribution in [0.5, 0.6) is 0 Å². The molecule has 4 rings (SSSR count). The SMILES string of the molecule is Cc1ccc(N2C(=O)C(Nc3ccc(Cl)cc3)=C(Sc3ccccc3)C2=O)cc1Cl. The monoisotopic (exact) mass is 454 g/mol. The van der Waals surface area contributed by atoms with Crippen LogP contribution in [-0.2, 0) is 9.59 Å². The molecule has 0 spiro atoms. The maximum atomic E-state index is 13.3. The number of benzene rings is 3. The van der Waals surface area contributed by atoms with E-state index in [0.29, 0.717) is 26.3 Å².